The van der Waals surface area contributed by atoms with E-state index in [-0.39, 0.29) is 0 Å². The van der Waals surface area contributed by atoms with E-state index < -0.39 is 21.9 Å². The number of hydrogen-bond acceptors (Lipinski definition) is 3. The van der Waals surface area contributed by atoms with Crippen LogP contribution >= 0.6 is 11.6 Å². The summed E-state index contributed by atoms with van der Waals surface area (Å²) < 4.78 is 21.4. The first-order valence-electron chi connectivity index (χ1n) is 3.83. The highest BCUT2D eigenvalue weighted by atomic mass is 35.5. The Morgan fingerprint density at radius 3 is 2.50 bits per heavy atom. The molecule has 0 heterocycles. The zero-order valence-corrected chi connectivity index (χ0v) is 8.79. The number of benzene rings is 1. The van der Waals surface area contributed by atoms with Crippen LogP contribution in [0.3, 0.4) is 0 Å². The van der Waals surface area contributed by atoms with Crippen molar-refractivity contribution in [3.8, 4) is 0 Å². The van der Waals surface area contributed by atoms with Gasteiger partial charge in [0.2, 0.25) is 10.0 Å². The van der Waals surface area contributed by atoms with Crippen LogP contribution in [-0.2, 0) is 10.0 Å². The fourth-order valence-electron chi connectivity index (χ4n) is 1.06. The Labute approximate surface area is 87.4 Å². The molecule has 0 saturated heterocycles. The fraction of sp³-hybridized carbons (Fsp3) is 0.250. The lowest BCUT2D eigenvalue weighted by molar-refractivity contribution is 0.202. The summed E-state index contributed by atoms with van der Waals surface area (Å²) in [4.78, 5) is 0. The standard InChI is InChI=1S/C8H10ClNO3S/c9-7-4-2-1-3-6(7)8(11)5-14(10,12)13/h1-4,8,11H,5H2,(H2,10,12,13). The average Bonchev–Trinajstić information content (AvgIpc) is 2.01. The first-order chi connectivity index (χ1) is 6.40. The van der Waals surface area contributed by atoms with Gasteiger partial charge < -0.3 is 5.11 Å². The molecule has 1 unspecified atom stereocenters. The monoisotopic (exact) mass is 235 g/mol. The number of aliphatic hydroxyl groups is 1. The third-order valence-electron chi connectivity index (χ3n) is 1.65. The molecule has 0 saturated carbocycles. The molecule has 1 atom stereocenters. The quantitative estimate of drug-likeness (QED) is 0.808. The number of sulfonamides is 1. The van der Waals surface area contributed by atoms with Gasteiger partial charge in [0.05, 0.1) is 11.9 Å². The van der Waals surface area contributed by atoms with Crippen LogP contribution in [0.25, 0.3) is 0 Å². The molecule has 4 nitrogen and oxygen atoms in total. The molecule has 0 fully saturated rings. The van der Waals surface area contributed by atoms with Gasteiger partial charge in [-0.15, -0.1) is 0 Å². The summed E-state index contributed by atoms with van der Waals surface area (Å²) in [7, 11) is -3.70. The Bertz CT molecular complexity index is 418. The molecular weight excluding hydrogens is 226 g/mol. The van der Waals surface area contributed by atoms with Crippen molar-refractivity contribution < 1.29 is 13.5 Å². The summed E-state index contributed by atoms with van der Waals surface area (Å²) >= 11 is 5.75. The zero-order valence-electron chi connectivity index (χ0n) is 7.22. The highest BCUT2D eigenvalue weighted by molar-refractivity contribution is 7.89. The van der Waals surface area contributed by atoms with Crippen molar-refractivity contribution in [3.63, 3.8) is 0 Å². The minimum atomic E-state index is -3.70. The van der Waals surface area contributed by atoms with Crippen molar-refractivity contribution in [3.05, 3.63) is 34.9 Å². The third kappa shape index (κ3) is 3.26. The summed E-state index contributed by atoms with van der Waals surface area (Å²) in [5.74, 6) is -0.531. The van der Waals surface area contributed by atoms with E-state index in [4.69, 9.17) is 16.7 Å². The Morgan fingerprint density at radius 1 is 1.43 bits per heavy atom. The van der Waals surface area contributed by atoms with E-state index in [0.29, 0.717) is 10.6 Å². The van der Waals surface area contributed by atoms with Crippen molar-refractivity contribution in [2.75, 3.05) is 5.75 Å². The third-order valence-corrected chi connectivity index (χ3v) is 2.78. The molecule has 3 N–H and O–H groups in total. The van der Waals surface area contributed by atoms with Gasteiger partial charge in [0.25, 0.3) is 0 Å². The number of halogens is 1. The lowest BCUT2D eigenvalue weighted by Gasteiger charge is -2.10. The molecule has 0 amide bonds. The second kappa shape index (κ2) is 4.27. The van der Waals surface area contributed by atoms with Gasteiger partial charge >= 0.3 is 0 Å². The van der Waals surface area contributed by atoms with Crippen LogP contribution in [0.1, 0.15) is 11.7 Å². The van der Waals surface area contributed by atoms with Gasteiger partial charge in [0.15, 0.2) is 0 Å². The Morgan fingerprint density at radius 2 is 2.00 bits per heavy atom. The second-order valence-corrected chi connectivity index (χ2v) is 4.93. The summed E-state index contributed by atoms with van der Waals surface area (Å²) in [6, 6.07) is 6.48. The molecule has 0 radical (unpaired) electrons. The Kier molecular flexibility index (Phi) is 3.49. The van der Waals surface area contributed by atoms with Gasteiger partial charge in [-0.1, -0.05) is 29.8 Å². The SMILES string of the molecule is NS(=O)(=O)CC(O)c1ccccc1Cl. The lowest BCUT2D eigenvalue weighted by atomic mass is 10.1. The minimum Gasteiger partial charge on any atom is -0.387 e. The maximum Gasteiger partial charge on any atom is 0.211 e. The van der Waals surface area contributed by atoms with Crippen molar-refractivity contribution in [1.29, 1.82) is 0 Å². The highest BCUT2D eigenvalue weighted by Gasteiger charge is 2.16. The van der Waals surface area contributed by atoms with Crippen LogP contribution < -0.4 is 5.14 Å². The number of aliphatic hydroxyl groups excluding tert-OH is 1. The fourth-order valence-corrected chi connectivity index (χ4v) is 1.94. The first kappa shape index (κ1) is 11.5. The van der Waals surface area contributed by atoms with Crippen molar-refractivity contribution in [2.24, 2.45) is 5.14 Å². The molecule has 14 heavy (non-hydrogen) atoms. The van der Waals surface area contributed by atoms with E-state index in [2.05, 4.69) is 0 Å². The predicted octanol–water partition coefficient (Wildman–Crippen LogP) is 0.662. The first-order valence-corrected chi connectivity index (χ1v) is 5.92. The van der Waals surface area contributed by atoms with Crippen LogP contribution in [0.15, 0.2) is 24.3 Å². The number of primary sulfonamides is 1. The zero-order chi connectivity index (χ0) is 10.8. The summed E-state index contributed by atoms with van der Waals surface area (Å²) in [6.45, 7) is 0. The maximum atomic E-state index is 10.7. The van der Waals surface area contributed by atoms with Crippen molar-refractivity contribution in [1.82, 2.24) is 0 Å². The molecular formula is C8H10ClNO3S. The summed E-state index contributed by atoms with van der Waals surface area (Å²) in [6.07, 6.45) is -1.18. The average molecular weight is 236 g/mol. The summed E-state index contributed by atoms with van der Waals surface area (Å²) in [5.41, 5.74) is 0.364. The predicted molar refractivity (Wildman–Crippen MR) is 54.4 cm³/mol. The Hall–Kier alpha value is -0.620. The van der Waals surface area contributed by atoms with Gasteiger partial charge in [0, 0.05) is 10.6 Å². The van der Waals surface area contributed by atoms with E-state index in [1.165, 1.54) is 0 Å². The molecule has 1 aromatic carbocycles. The van der Waals surface area contributed by atoms with Gasteiger partial charge in [-0.05, 0) is 6.07 Å². The maximum absolute atomic E-state index is 10.7. The minimum absolute atomic E-state index is 0.323. The van der Waals surface area contributed by atoms with E-state index in [9.17, 15) is 13.5 Å². The van der Waals surface area contributed by atoms with E-state index >= 15 is 0 Å². The second-order valence-electron chi connectivity index (χ2n) is 2.87. The highest BCUT2D eigenvalue weighted by Crippen LogP contribution is 2.22. The van der Waals surface area contributed by atoms with E-state index in [0.717, 1.165) is 0 Å². The largest absolute Gasteiger partial charge is 0.387 e. The van der Waals surface area contributed by atoms with Crippen LogP contribution in [0.5, 0.6) is 0 Å². The molecule has 6 heteroatoms. The smallest absolute Gasteiger partial charge is 0.211 e. The van der Waals surface area contributed by atoms with Crippen LogP contribution in [-0.4, -0.2) is 19.3 Å². The van der Waals surface area contributed by atoms with Crippen LogP contribution in [0.2, 0.25) is 5.02 Å². The van der Waals surface area contributed by atoms with E-state index in [1.54, 1.807) is 24.3 Å². The molecule has 0 spiro atoms. The lowest BCUT2D eigenvalue weighted by Crippen LogP contribution is -2.21. The number of hydrogen-bond donors (Lipinski definition) is 2. The molecule has 0 aliphatic rings. The van der Waals surface area contributed by atoms with Gasteiger partial charge in [0.1, 0.15) is 0 Å². The van der Waals surface area contributed by atoms with Crippen LogP contribution in [0, 0.1) is 0 Å². The molecule has 0 bridgehead atoms. The molecule has 0 aliphatic heterocycles. The Balaban J connectivity index is 2.90. The van der Waals surface area contributed by atoms with Gasteiger partial charge in [-0.3, -0.25) is 0 Å². The number of nitrogens with two attached hydrogens (primary N) is 1. The van der Waals surface area contributed by atoms with E-state index in [1.807, 2.05) is 0 Å². The molecule has 78 valence electrons. The van der Waals surface area contributed by atoms with Gasteiger partial charge in [-0.25, -0.2) is 13.6 Å². The summed E-state index contributed by atoms with van der Waals surface area (Å²) in [5, 5.41) is 14.6. The van der Waals surface area contributed by atoms with Gasteiger partial charge in [-0.2, -0.15) is 0 Å². The van der Waals surface area contributed by atoms with Crippen molar-refractivity contribution in [2.45, 2.75) is 6.10 Å². The molecule has 1 aromatic rings. The topological polar surface area (TPSA) is 80.4 Å². The number of rotatable bonds is 3. The molecule has 0 aliphatic carbocycles. The normalized spacial score (nSPS) is 13.9. The van der Waals surface area contributed by atoms with Crippen molar-refractivity contribution >= 4 is 21.6 Å². The molecule has 0 aromatic heterocycles. The molecule has 1 rings (SSSR count). The van der Waals surface area contributed by atoms with Crippen LogP contribution in [0.4, 0.5) is 0 Å².